The van der Waals surface area contributed by atoms with Gasteiger partial charge >= 0.3 is 11.9 Å². The molecule has 0 aromatic heterocycles. The van der Waals surface area contributed by atoms with E-state index in [2.05, 4.69) is 11.0 Å². The molecule has 0 aliphatic carbocycles. The number of carbonyl (C=O) groups excluding carboxylic acids is 3. The summed E-state index contributed by atoms with van der Waals surface area (Å²) >= 11 is 6.77. The molecule has 2 N–H and O–H groups in total. The maximum atomic E-state index is 13.3. The van der Waals surface area contributed by atoms with Gasteiger partial charge in [0.15, 0.2) is 0 Å². The van der Waals surface area contributed by atoms with E-state index in [0.717, 1.165) is 12.1 Å². The molecule has 2 aromatic carbocycles. The van der Waals surface area contributed by atoms with Gasteiger partial charge in [-0.2, -0.15) is 5.26 Å². The fourth-order valence-electron chi connectivity index (χ4n) is 5.24. The molecule has 2 aromatic rings. The first kappa shape index (κ1) is 29.5. The Morgan fingerprint density at radius 2 is 1.68 bits per heavy atom. The summed E-state index contributed by atoms with van der Waals surface area (Å²) in [6.07, 6.45) is 1.33. The van der Waals surface area contributed by atoms with Gasteiger partial charge in [-0.25, -0.2) is 9.59 Å². The number of anilines is 2. The highest BCUT2D eigenvalue weighted by Gasteiger charge is 2.43. The van der Waals surface area contributed by atoms with E-state index in [-0.39, 0.29) is 28.6 Å². The topological polar surface area (TPSA) is 129 Å². The number of esters is 2. The van der Waals surface area contributed by atoms with Gasteiger partial charge in [0.1, 0.15) is 11.5 Å². The fourth-order valence-corrected chi connectivity index (χ4v) is 5.54. The number of hydrogen-bond acceptors (Lipinski definition) is 9. The summed E-state index contributed by atoms with van der Waals surface area (Å²) in [7, 11) is 2.40. The van der Waals surface area contributed by atoms with Crippen molar-refractivity contribution in [2.45, 2.75) is 25.7 Å². The monoisotopic (exact) mass is 577 g/mol. The predicted molar refractivity (Wildman–Crippen MR) is 155 cm³/mol. The first-order valence-electron chi connectivity index (χ1n) is 13.2. The van der Waals surface area contributed by atoms with E-state index < -0.39 is 17.9 Å². The minimum absolute atomic E-state index is 0.0405. The van der Waals surface area contributed by atoms with E-state index >= 15 is 0 Å². The molecule has 41 heavy (non-hydrogen) atoms. The molecule has 0 saturated carbocycles. The Hall–Kier alpha value is -4.49. The molecule has 4 rings (SSSR count). The lowest BCUT2D eigenvalue weighted by Crippen LogP contribution is -2.48. The van der Waals surface area contributed by atoms with Crippen molar-refractivity contribution in [3.05, 3.63) is 81.8 Å². The molecule has 1 amide bonds. The second-order valence-electron chi connectivity index (χ2n) is 9.59. The Balaban J connectivity index is 1.78. The Morgan fingerprint density at radius 1 is 1.02 bits per heavy atom. The van der Waals surface area contributed by atoms with E-state index in [0.29, 0.717) is 48.9 Å². The second-order valence-corrected chi connectivity index (χ2v) is 10.00. The van der Waals surface area contributed by atoms with Gasteiger partial charge < -0.3 is 25.0 Å². The van der Waals surface area contributed by atoms with Crippen molar-refractivity contribution in [2.75, 3.05) is 50.2 Å². The van der Waals surface area contributed by atoms with Crippen LogP contribution in [0.1, 0.15) is 31.2 Å². The number of nitriles is 1. The summed E-state index contributed by atoms with van der Waals surface area (Å²) < 4.78 is 10.2. The van der Waals surface area contributed by atoms with Gasteiger partial charge in [0.2, 0.25) is 5.91 Å². The second kappa shape index (κ2) is 12.8. The van der Waals surface area contributed by atoms with E-state index in [4.69, 9.17) is 26.8 Å². The number of nitrogens with zero attached hydrogens (tertiary/aromatic N) is 4. The van der Waals surface area contributed by atoms with Crippen molar-refractivity contribution in [1.82, 2.24) is 4.90 Å². The minimum Gasteiger partial charge on any atom is -0.466 e. The van der Waals surface area contributed by atoms with Crippen LogP contribution in [0.4, 0.5) is 11.4 Å². The van der Waals surface area contributed by atoms with E-state index in [9.17, 15) is 19.6 Å². The van der Waals surface area contributed by atoms with E-state index in [1.807, 2.05) is 11.8 Å². The lowest BCUT2D eigenvalue weighted by atomic mass is 9.81. The molecular weight excluding hydrogens is 546 g/mol. The summed E-state index contributed by atoms with van der Waals surface area (Å²) in [5, 5.41) is 10.6. The highest BCUT2D eigenvalue weighted by molar-refractivity contribution is 6.33. The molecule has 1 saturated heterocycles. The first-order valence-corrected chi connectivity index (χ1v) is 13.6. The lowest BCUT2D eigenvalue weighted by molar-refractivity contribution is -0.139. The number of carbonyl (C=O) groups is 3. The number of methoxy groups -OCH3 is 2. The third-order valence-corrected chi connectivity index (χ3v) is 7.54. The summed E-state index contributed by atoms with van der Waals surface area (Å²) in [5.41, 5.74) is 8.08. The quantitative estimate of drug-likeness (QED) is 0.490. The first-order chi connectivity index (χ1) is 19.8. The standard InChI is InChI=1S/C30H32ClN5O5/c1-4-8-24(37)35-15-13-34(14-16-35)23-12-11-20(17-22(23)31)36-27(30(39)41-3)26(29(38)40-2)25(21(18-32)28(36)33)19-9-6-5-7-10-19/h5-7,9-12,17,25H,4,8,13-16,33H2,1-3H3. The molecule has 1 unspecified atom stereocenters. The Bertz CT molecular complexity index is 1440. The van der Waals surface area contributed by atoms with Crippen LogP contribution < -0.4 is 15.5 Å². The SMILES string of the molecule is CCCC(=O)N1CCN(c2ccc(N3C(N)=C(C#N)C(c4ccccc4)C(C(=O)OC)=C3C(=O)OC)cc2Cl)CC1. The molecule has 10 nitrogen and oxygen atoms in total. The summed E-state index contributed by atoms with van der Waals surface area (Å²) in [4.78, 5) is 44.0. The van der Waals surface area contributed by atoms with Crippen LogP contribution in [0.5, 0.6) is 0 Å². The van der Waals surface area contributed by atoms with Crippen LogP contribution in [0, 0.1) is 11.3 Å². The number of amides is 1. The number of piperazine rings is 1. The van der Waals surface area contributed by atoms with Crippen LogP contribution in [-0.4, -0.2) is 63.1 Å². The average molecular weight is 578 g/mol. The molecule has 0 bridgehead atoms. The van der Waals surface area contributed by atoms with E-state index in [1.54, 1.807) is 48.5 Å². The Kier molecular flexibility index (Phi) is 9.20. The van der Waals surface area contributed by atoms with Crippen LogP contribution in [0.15, 0.2) is 71.2 Å². The summed E-state index contributed by atoms with van der Waals surface area (Å²) in [6, 6.07) is 16.0. The minimum atomic E-state index is -0.958. The molecule has 2 aliphatic rings. The third-order valence-electron chi connectivity index (χ3n) is 7.24. The highest BCUT2D eigenvalue weighted by Crippen LogP contribution is 2.44. The van der Waals surface area contributed by atoms with Crippen molar-refractivity contribution in [1.29, 1.82) is 5.26 Å². The zero-order valence-corrected chi connectivity index (χ0v) is 24.0. The molecule has 2 aliphatic heterocycles. The molecule has 2 heterocycles. The van der Waals surface area contributed by atoms with Gasteiger partial charge in [-0.3, -0.25) is 9.69 Å². The number of benzene rings is 2. The Morgan fingerprint density at radius 3 is 2.24 bits per heavy atom. The number of rotatable bonds is 7. The molecule has 1 fully saturated rings. The number of nitrogens with two attached hydrogens (primary N) is 1. The molecule has 0 spiro atoms. The zero-order chi connectivity index (χ0) is 29.7. The summed E-state index contributed by atoms with van der Waals surface area (Å²) in [6.45, 7) is 4.37. The van der Waals surface area contributed by atoms with Crippen molar-refractivity contribution in [3.8, 4) is 6.07 Å². The van der Waals surface area contributed by atoms with Gasteiger partial charge in [-0.1, -0.05) is 48.9 Å². The lowest BCUT2D eigenvalue weighted by Gasteiger charge is -2.38. The van der Waals surface area contributed by atoms with Gasteiger partial charge in [0.05, 0.1) is 48.1 Å². The van der Waals surface area contributed by atoms with E-state index in [1.165, 1.54) is 19.1 Å². The van der Waals surface area contributed by atoms with Crippen molar-refractivity contribution in [3.63, 3.8) is 0 Å². The number of halogens is 1. The third kappa shape index (κ3) is 5.72. The van der Waals surface area contributed by atoms with Gasteiger partial charge in [-0.15, -0.1) is 0 Å². The summed E-state index contributed by atoms with van der Waals surface area (Å²) in [5.74, 6) is -2.49. The van der Waals surface area contributed by atoms with Crippen molar-refractivity contribution < 1.29 is 23.9 Å². The van der Waals surface area contributed by atoms with Gasteiger partial charge in [0, 0.05) is 38.3 Å². The molecule has 1 atom stereocenters. The smallest absolute Gasteiger partial charge is 0.355 e. The van der Waals surface area contributed by atoms with Crippen LogP contribution in [-0.2, 0) is 23.9 Å². The maximum absolute atomic E-state index is 13.3. The maximum Gasteiger partial charge on any atom is 0.355 e. The van der Waals surface area contributed by atoms with Gasteiger partial charge in [-0.05, 0) is 30.2 Å². The number of ether oxygens (including phenoxy) is 2. The van der Waals surface area contributed by atoms with Crippen molar-refractivity contribution in [2.24, 2.45) is 5.73 Å². The highest BCUT2D eigenvalue weighted by atomic mass is 35.5. The number of allylic oxidation sites excluding steroid dienone is 1. The average Bonchev–Trinajstić information content (AvgIpc) is 3.00. The normalized spacial score (nSPS) is 17.3. The van der Waals surface area contributed by atoms with Crippen LogP contribution in [0.3, 0.4) is 0 Å². The predicted octanol–water partition coefficient (Wildman–Crippen LogP) is 3.69. The number of hydrogen-bond donors (Lipinski definition) is 1. The van der Waals surface area contributed by atoms with Crippen LogP contribution in [0.25, 0.3) is 0 Å². The van der Waals surface area contributed by atoms with Crippen LogP contribution in [0.2, 0.25) is 5.02 Å². The van der Waals surface area contributed by atoms with Crippen molar-refractivity contribution >= 4 is 40.8 Å². The van der Waals surface area contributed by atoms with Gasteiger partial charge in [0.25, 0.3) is 0 Å². The molecule has 11 heteroatoms. The molecule has 0 radical (unpaired) electrons. The van der Waals surface area contributed by atoms with Crippen LogP contribution >= 0.6 is 11.6 Å². The largest absolute Gasteiger partial charge is 0.466 e. The Labute approximate surface area is 244 Å². The molecular formula is C30H32ClN5O5. The zero-order valence-electron chi connectivity index (χ0n) is 23.2. The fraction of sp³-hybridized carbons (Fsp3) is 0.333. The molecule has 214 valence electrons.